The average Bonchev–Trinajstić information content (AvgIpc) is 2.70. The molecule has 4 nitrogen and oxygen atoms in total. The van der Waals surface area contributed by atoms with Crippen LogP contribution in [0.15, 0.2) is 0 Å². The van der Waals surface area contributed by atoms with Crippen molar-refractivity contribution < 1.29 is 32.2 Å². The molecule has 0 bridgehead atoms. The summed E-state index contributed by atoms with van der Waals surface area (Å²) >= 11 is 0. The van der Waals surface area contributed by atoms with E-state index in [0.29, 0.717) is 6.42 Å². The van der Waals surface area contributed by atoms with Crippen molar-refractivity contribution in [2.45, 2.75) is 65.5 Å². The van der Waals surface area contributed by atoms with Crippen LogP contribution in [0.1, 0.15) is 47.5 Å². The molecule has 0 radical (unpaired) electrons. The van der Waals surface area contributed by atoms with E-state index in [1.165, 1.54) is 0 Å². The van der Waals surface area contributed by atoms with Gasteiger partial charge in [-0.15, -0.1) is 0 Å². The maximum atomic E-state index is 12.9. The third-order valence-electron chi connectivity index (χ3n) is 4.19. The standard InChI is InChI=1S/C15H25F3O4/c1-6-13(3,4)12(19)21-8-7-20-11-10(2)9-14(5,22-11)15(16,17)18/h10-11H,6-9H2,1-5H3. The summed E-state index contributed by atoms with van der Waals surface area (Å²) in [7, 11) is 0. The topological polar surface area (TPSA) is 44.8 Å². The molecule has 0 spiro atoms. The highest BCUT2D eigenvalue weighted by atomic mass is 19.4. The zero-order valence-corrected chi connectivity index (χ0v) is 13.8. The lowest BCUT2D eigenvalue weighted by Gasteiger charge is -2.27. The van der Waals surface area contributed by atoms with Crippen molar-refractivity contribution in [3.8, 4) is 0 Å². The Kier molecular flexibility index (Phi) is 5.89. The number of rotatable bonds is 6. The van der Waals surface area contributed by atoms with Crippen molar-refractivity contribution >= 4 is 5.97 Å². The van der Waals surface area contributed by atoms with Crippen molar-refractivity contribution in [3.63, 3.8) is 0 Å². The van der Waals surface area contributed by atoms with Gasteiger partial charge >= 0.3 is 12.1 Å². The maximum Gasteiger partial charge on any atom is 0.417 e. The van der Waals surface area contributed by atoms with Gasteiger partial charge in [0.15, 0.2) is 11.9 Å². The lowest BCUT2D eigenvalue weighted by atomic mass is 9.91. The average molecular weight is 326 g/mol. The summed E-state index contributed by atoms with van der Waals surface area (Å²) in [6, 6.07) is 0. The lowest BCUT2D eigenvalue weighted by molar-refractivity contribution is -0.291. The van der Waals surface area contributed by atoms with Gasteiger partial charge in [0, 0.05) is 5.92 Å². The Morgan fingerprint density at radius 1 is 1.32 bits per heavy atom. The third-order valence-corrected chi connectivity index (χ3v) is 4.19. The Labute approximate surface area is 129 Å². The summed E-state index contributed by atoms with van der Waals surface area (Å²) in [4.78, 5) is 11.7. The number of esters is 1. The second-order valence-corrected chi connectivity index (χ2v) is 6.64. The minimum absolute atomic E-state index is 0.00241. The maximum absolute atomic E-state index is 12.9. The smallest absolute Gasteiger partial charge is 0.417 e. The highest BCUT2D eigenvalue weighted by molar-refractivity contribution is 5.75. The first-order valence-corrected chi connectivity index (χ1v) is 7.46. The van der Waals surface area contributed by atoms with Crippen molar-refractivity contribution in [3.05, 3.63) is 0 Å². The van der Waals surface area contributed by atoms with Crippen LogP contribution < -0.4 is 0 Å². The molecule has 0 saturated carbocycles. The highest BCUT2D eigenvalue weighted by Crippen LogP contribution is 2.45. The Hall–Kier alpha value is -0.820. The summed E-state index contributed by atoms with van der Waals surface area (Å²) < 4.78 is 54.1. The van der Waals surface area contributed by atoms with Crippen LogP contribution in [0.4, 0.5) is 13.2 Å². The molecule has 1 saturated heterocycles. The lowest BCUT2D eigenvalue weighted by Crippen LogP contribution is -2.42. The molecular weight excluding hydrogens is 301 g/mol. The summed E-state index contributed by atoms with van der Waals surface area (Å²) in [5.74, 6) is -0.728. The van der Waals surface area contributed by atoms with Gasteiger partial charge in [0.2, 0.25) is 0 Å². The molecule has 0 N–H and O–H groups in total. The molecular formula is C15H25F3O4. The fraction of sp³-hybridized carbons (Fsp3) is 0.933. The minimum Gasteiger partial charge on any atom is -0.463 e. The second kappa shape index (κ2) is 6.74. The molecule has 0 aliphatic carbocycles. The first-order valence-electron chi connectivity index (χ1n) is 7.46. The number of hydrogen-bond acceptors (Lipinski definition) is 4. The van der Waals surface area contributed by atoms with Crippen molar-refractivity contribution in [2.24, 2.45) is 11.3 Å². The predicted octanol–water partition coefficient (Wildman–Crippen LogP) is 3.69. The molecule has 0 aromatic heterocycles. The molecule has 3 atom stereocenters. The Bertz CT molecular complexity index is 395. The van der Waals surface area contributed by atoms with E-state index >= 15 is 0 Å². The Morgan fingerprint density at radius 3 is 2.36 bits per heavy atom. The number of carbonyl (C=O) groups is 1. The van der Waals surface area contributed by atoms with Crippen LogP contribution in [0, 0.1) is 11.3 Å². The van der Waals surface area contributed by atoms with Gasteiger partial charge in [-0.05, 0) is 33.6 Å². The molecule has 1 aliphatic heterocycles. The van der Waals surface area contributed by atoms with Gasteiger partial charge in [-0.1, -0.05) is 13.8 Å². The van der Waals surface area contributed by atoms with E-state index in [1.807, 2.05) is 6.92 Å². The van der Waals surface area contributed by atoms with E-state index in [4.69, 9.17) is 14.2 Å². The molecule has 1 heterocycles. The van der Waals surface area contributed by atoms with Gasteiger partial charge in [0.25, 0.3) is 0 Å². The van der Waals surface area contributed by atoms with Crippen molar-refractivity contribution in [2.75, 3.05) is 13.2 Å². The molecule has 0 aromatic carbocycles. The first kappa shape index (κ1) is 19.2. The van der Waals surface area contributed by atoms with Gasteiger partial charge in [0.1, 0.15) is 6.61 Å². The van der Waals surface area contributed by atoms with Crippen LogP contribution >= 0.6 is 0 Å². The zero-order valence-electron chi connectivity index (χ0n) is 13.8. The van der Waals surface area contributed by atoms with Crippen LogP contribution in [0.5, 0.6) is 0 Å². The number of ether oxygens (including phenoxy) is 3. The van der Waals surface area contributed by atoms with E-state index in [-0.39, 0.29) is 31.5 Å². The molecule has 0 aromatic rings. The van der Waals surface area contributed by atoms with Crippen LogP contribution in [0.25, 0.3) is 0 Å². The van der Waals surface area contributed by atoms with E-state index in [1.54, 1.807) is 20.8 Å². The van der Waals surface area contributed by atoms with E-state index < -0.39 is 23.5 Å². The van der Waals surface area contributed by atoms with Crippen LogP contribution in [0.3, 0.4) is 0 Å². The van der Waals surface area contributed by atoms with Gasteiger partial charge in [0.05, 0.1) is 12.0 Å². The fourth-order valence-electron chi connectivity index (χ4n) is 2.15. The number of alkyl halides is 3. The van der Waals surface area contributed by atoms with Crippen LogP contribution in [0.2, 0.25) is 0 Å². The SMILES string of the molecule is CCC(C)(C)C(=O)OCCOC1OC(C)(C(F)(F)F)CC1C. The molecule has 7 heteroatoms. The van der Waals surface area contributed by atoms with Gasteiger partial charge in [-0.3, -0.25) is 4.79 Å². The quantitative estimate of drug-likeness (QED) is 0.552. The van der Waals surface area contributed by atoms with Gasteiger partial charge in [-0.25, -0.2) is 0 Å². The summed E-state index contributed by atoms with van der Waals surface area (Å²) in [5, 5.41) is 0. The third kappa shape index (κ3) is 4.35. The highest BCUT2D eigenvalue weighted by Gasteiger charge is 2.58. The molecule has 0 amide bonds. The number of halogens is 3. The minimum atomic E-state index is -4.43. The van der Waals surface area contributed by atoms with Crippen molar-refractivity contribution in [1.82, 2.24) is 0 Å². The van der Waals surface area contributed by atoms with Crippen LogP contribution in [-0.2, 0) is 19.0 Å². The number of carbonyl (C=O) groups excluding carboxylic acids is 1. The monoisotopic (exact) mass is 326 g/mol. The molecule has 1 rings (SSSR count). The normalized spacial score (nSPS) is 29.6. The first-order chi connectivity index (χ1) is 9.93. The second-order valence-electron chi connectivity index (χ2n) is 6.64. The predicted molar refractivity (Wildman–Crippen MR) is 74.1 cm³/mol. The van der Waals surface area contributed by atoms with E-state index in [2.05, 4.69) is 0 Å². The zero-order chi connectivity index (χ0) is 17.2. The fourth-order valence-corrected chi connectivity index (χ4v) is 2.15. The van der Waals surface area contributed by atoms with Gasteiger partial charge < -0.3 is 14.2 Å². The summed E-state index contributed by atoms with van der Waals surface area (Å²) in [6.45, 7) is 8.10. The van der Waals surface area contributed by atoms with Crippen LogP contribution in [-0.4, -0.2) is 37.3 Å². The van der Waals surface area contributed by atoms with E-state index in [0.717, 1.165) is 6.92 Å². The molecule has 3 unspecified atom stereocenters. The van der Waals surface area contributed by atoms with Gasteiger partial charge in [-0.2, -0.15) is 13.2 Å². The summed E-state index contributed by atoms with van der Waals surface area (Å²) in [6.07, 6.45) is -4.88. The Morgan fingerprint density at radius 2 is 1.91 bits per heavy atom. The molecule has 130 valence electrons. The van der Waals surface area contributed by atoms with Crippen molar-refractivity contribution in [1.29, 1.82) is 0 Å². The van der Waals surface area contributed by atoms with E-state index in [9.17, 15) is 18.0 Å². The molecule has 22 heavy (non-hydrogen) atoms. The Balaban J connectivity index is 2.39. The molecule has 1 aliphatic rings. The number of hydrogen-bond donors (Lipinski definition) is 0. The summed E-state index contributed by atoms with van der Waals surface area (Å²) in [5.41, 5.74) is -2.76. The molecule has 1 fully saturated rings. The largest absolute Gasteiger partial charge is 0.463 e.